The third kappa shape index (κ3) is 1.67. The number of aryl methyl sites for hydroxylation is 1. The van der Waals surface area contributed by atoms with Crippen LogP contribution in [0.15, 0.2) is 27.4 Å². The Kier molecular flexibility index (Phi) is 2.44. The summed E-state index contributed by atoms with van der Waals surface area (Å²) in [5.74, 6) is -1.71. The van der Waals surface area contributed by atoms with Gasteiger partial charge in [-0.25, -0.2) is 9.59 Å². The minimum atomic E-state index is -1.30. The summed E-state index contributed by atoms with van der Waals surface area (Å²) in [5, 5.41) is 9.75. The number of rotatable bonds is 1. The van der Waals surface area contributed by atoms with Crippen LogP contribution in [0.1, 0.15) is 16.1 Å². The molecule has 0 amide bonds. The van der Waals surface area contributed by atoms with Crippen molar-refractivity contribution in [3.05, 3.63) is 45.0 Å². The molecular weight excluding hydrogens is 232 g/mol. The molecule has 0 aliphatic carbocycles. The van der Waals surface area contributed by atoms with E-state index in [4.69, 9.17) is 16.7 Å². The summed E-state index contributed by atoms with van der Waals surface area (Å²) < 4.78 is 4.65. The van der Waals surface area contributed by atoms with Gasteiger partial charge >= 0.3 is 11.6 Å². The van der Waals surface area contributed by atoms with Gasteiger partial charge in [-0.05, 0) is 30.7 Å². The van der Waals surface area contributed by atoms with Crippen molar-refractivity contribution in [3.8, 4) is 0 Å². The van der Waals surface area contributed by atoms with E-state index in [1.54, 1.807) is 19.1 Å². The van der Waals surface area contributed by atoms with Crippen LogP contribution in [0.5, 0.6) is 0 Å². The molecule has 1 aromatic heterocycles. The Morgan fingerprint density at radius 2 is 2.00 bits per heavy atom. The van der Waals surface area contributed by atoms with Gasteiger partial charge in [0.15, 0.2) is 0 Å². The average Bonchev–Trinajstić information content (AvgIpc) is 2.19. The summed E-state index contributed by atoms with van der Waals surface area (Å²) in [6.45, 7) is 1.79. The molecule has 2 rings (SSSR count). The SMILES string of the molecule is Cc1cc(Cl)c2cc(C(=O)O)oc(=O)c2c1. The number of carbonyl (C=O) groups is 1. The highest BCUT2D eigenvalue weighted by Gasteiger charge is 2.12. The van der Waals surface area contributed by atoms with Crippen molar-refractivity contribution < 1.29 is 14.3 Å². The van der Waals surface area contributed by atoms with Gasteiger partial charge in [-0.15, -0.1) is 0 Å². The van der Waals surface area contributed by atoms with Crippen molar-refractivity contribution in [2.75, 3.05) is 0 Å². The molecule has 0 aliphatic rings. The van der Waals surface area contributed by atoms with Gasteiger partial charge in [0.25, 0.3) is 0 Å². The molecule has 1 aromatic carbocycles. The van der Waals surface area contributed by atoms with Crippen LogP contribution in [0.25, 0.3) is 10.8 Å². The van der Waals surface area contributed by atoms with Gasteiger partial charge in [-0.3, -0.25) is 0 Å². The first-order valence-corrected chi connectivity index (χ1v) is 4.84. The van der Waals surface area contributed by atoms with Gasteiger partial charge in [0, 0.05) is 10.4 Å². The number of hydrogen-bond donors (Lipinski definition) is 1. The molecule has 0 spiro atoms. The Morgan fingerprint density at radius 3 is 2.62 bits per heavy atom. The fourth-order valence-electron chi connectivity index (χ4n) is 1.49. The van der Waals surface area contributed by atoms with E-state index >= 15 is 0 Å². The first-order chi connectivity index (χ1) is 7.49. The third-order valence-electron chi connectivity index (χ3n) is 2.18. The van der Waals surface area contributed by atoms with Gasteiger partial charge in [0.1, 0.15) is 0 Å². The molecule has 5 heteroatoms. The average molecular weight is 239 g/mol. The number of carboxylic acids is 1. The predicted molar refractivity (Wildman–Crippen MR) is 59.2 cm³/mol. The van der Waals surface area contributed by atoms with Gasteiger partial charge in [0.05, 0.1) is 5.39 Å². The fourth-order valence-corrected chi connectivity index (χ4v) is 1.82. The number of benzene rings is 1. The Bertz CT molecular complexity index is 642. The lowest BCUT2D eigenvalue weighted by atomic mass is 10.1. The number of carboxylic acid groups (broad SMARTS) is 1. The maximum Gasteiger partial charge on any atom is 0.371 e. The zero-order valence-electron chi connectivity index (χ0n) is 8.28. The molecule has 4 nitrogen and oxygen atoms in total. The lowest BCUT2D eigenvalue weighted by Gasteiger charge is -2.02. The van der Waals surface area contributed by atoms with E-state index in [-0.39, 0.29) is 5.39 Å². The van der Waals surface area contributed by atoms with E-state index in [0.29, 0.717) is 10.4 Å². The Morgan fingerprint density at radius 1 is 1.31 bits per heavy atom. The molecule has 0 aliphatic heterocycles. The normalized spacial score (nSPS) is 10.6. The van der Waals surface area contributed by atoms with Crippen molar-refractivity contribution in [2.45, 2.75) is 6.92 Å². The van der Waals surface area contributed by atoms with Crippen molar-refractivity contribution in [1.29, 1.82) is 0 Å². The van der Waals surface area contributed by atoms with Crippen LogP contribution in [0.4, 0.5) is 0 Å². The maximum atomic E-state index is 11.5. The van der Waals surface area contributed by atoms with Crippen LogP contribution in [0.3, 0.4) is 0 Å². The molecule has 1 N–H and O–H groups in total. The van der Waals surface area contributed by atoms with E-state index in [1.807, 2.05) is 0 Å². The van der Waals surface area contributed by atoms with E-state index < -0.39 is 17.4 Å². The van der Waals surface area contributed by atoms with E-state index in [2.05, 4.69) is 4.42 Å². The molecular formula is C11H7ClO4. The molecule has 0 bridgehead atoms. The van der Waals surface area contributed by atoms with Crippen LogP contribution in [-0.2, 0) is 0 Å². The molecule has 82 valence electrons. The number of aromatic carboxylic acids is 1. The third-order valence-corrected chi connectivity index (χ3v) is 2.50. The van der Waals surface area contributed by atoms with Crippen LogP contribution in [-0.4, -0.2) is 11.1 Å². The molecule has 0 fully saturated rings. The summed E-state index contributed by atoms with van der Waals surface area (Å²) in [4.78, 5) is 22.2. The van der Waals surface area contributed by atoms with Gasteiger partial charge in [0.2, 0.25) is 5.76 Å². The Labute approximate surface area is 95.1 Å². The van der Waals surface area contributed by atoms with E-state index in [1.165, 1.54) is 6.07 Å². The molecule has 2 aromatic rings. The summed E-state index contributed by atoms with van der Waals surface area (Å²) in [5.41, 5.74) is 0.119. The smallest absolute Gasteiger partial charge is 0.371 e. The molecule has 16 heavy (non-hydrogen) atoms. The van der Waals surface area contributed by atoms with Crippen molar-refractivity contribution >= 4 is 28.3 Å². The first kappa shape index (κ1) is 10.7. The standard InChI is InChI=1S/C11H7ClO4/c1-5-2-7-6(8(12)3-5)4-9(10(13)14)16-11(7)15/h2-4H,1H3,(H,13,14). The summed E-state index contributed by atoms with van der Waals surface area (Å²) in [6, 6.07) is 4.52. The van der Waals surface area contributed by atoms with E-state index in [9.17, 15) is 9.59 Å². The van der Waals surface area contributed by atoms with Crippen LogP contribution < -0.4 is 5.63 Å². The van der Waals surface area contributed by atoms with Gasteiger partial charge in [-0.2, -0.15) is 0 Å². The zero-order chi connectivity index (χ0) is 11.9. The highest BCUT2D eigenvalue weighted by atomic mass is 35.5. The second-order valence-electron chi connectivity index (χ2n) is 3.41. The van der Waals surface area contributed by atoms with Gasteiger partial charge < -0.3 is 9.52 Å². The van der Waals surface area contributed by atoms with Crippen molar-refractivity contribution in [1.82, 2.24) is 0 Å². The van der Waals surface area contributed by atoms with Crippen LogP contribution >= 0.6 is 11.6 Å². The number of fused-ring (bicyclic) bond motifs is 1. The summed E-state index contributed by atoms with van der Waals surface area (Å²) >= 11 is 5.94. The lowest BCUT2D eigenvalue weighted by Crippen LogP contribution is -2.06. The largest absolute Gasteiger partial charge is 0.475 e. The predicted octanol–water partition coefficient (Wildman–Crippen LogP) is 2.45. The molecule has 0 radical (unpaired) electrons. The number of halogens is 1. The number of hydrogen-bond acceptors (Lipinski definition) is 3. The molecule has 0 atom stereocenters. The summed E-state index contributed by atoms with van der Waals surface area (Å²) in [6.07, 6.45) is 0. The highest BCUT2D eigenvalue weighted by Crippen LogP contribution is 2.23. The maximum absolute atomic E-state index is 11.5. The summed E-state index contributed by atoms with van der Waals surface area (Å²) in [7, 11) is 0. The highest BCUT2D eigenvalue weighted by molar-refractivity contribution is 6.35. The minimum Gasteiger partial charge on any atom is -0.475 e. The van der Waals surface area contributed by atoms with E-state index in [0.717, 1.165) is 5.56 Å². The molecule has 1 heterocycles. The molecule has 0 saturated heterocycles. The minimum absolute atomic E-state index is 0.287. The Hall–Kier alpha value is -1.81. The van der Waals surface area contributed by atoms with Crippen LogP contribution in [0, 0.1) is 6.92 Å². The van der Waals surface area contributed by atoms with Crippen molar-refractivity contribution in [3.63, 3.8) is 0 Å². The second kappa shape index (κ2) is 3.64. The zero-order valence-corrected chi connectivity index (χ0v) is 9.04. The topological polar surface area (TPSA) is 67.5 Å². The molecule has 0 saturated carbocycles. The lowest BCUT2D eigenvalue weighted by molar-refractivity contribution is 0.0658. The monoisotopic (exact) mass is 238 g/mol. The Balaban J connectivity index is 2.93. The first-order valence-electron chi connectivity index (χ1n) is 4.46. The van der Waals surface area contributed by atoms with Gasteiger partial charge in [-0.1, -0.05) is 11.6 Å². The quantitative estimate of drug-likeness (QED) is 0.829. The fraction of sp³-hybridized carbons (Fsp3) is 0.0909. The molecule has 0 unspecified atom stereocenters. The van der Waals surface area contributed by atoms with Crippen LogP contribution in [0.2, 0.25) is 5.02 Å². The second-order valence-corrected chi connectivity index (χ2v) is 3.82. The van der Waals surface area contributed by atoms with Crippen molar-refractivity contribution in [2.24, 2.45) is 0 Å².